The molecule has 0 fully saturated rings. The van der Waals surface area contributed by atoms with E-state index < -0.39 is 0 Å². The predicted octanol–water partition coefficient (Wildman–Crippen LogP) is 4.17. The zero-order valence-electron chi connectivity index (χ0n) is 19.6. The fourth-order valence-electron chi connectivity index (χ4n) is 4.20. The molecule has 6 nitrogen and oxygen atoms in total. The lowest BCUT2D eigenvalue weighted by Crippen LogP contribution is -2.34. The number of carbonyl (C=O) groups is 1. The molecule has 174 valence electrons. The average molecular weight is 448 g/mol. The van der Waals surface area contributed by atoms with Gasteiger partial charge in [-0.05, 0) is 41.7 Å². The molecule has 2 aromatic carbocycles. The van der Waals surface area contributed by atoms with Gasteiger partial charge in [-0.2, -0.15) is 0 Å². The Hall–Kier alpha value is -3.12. The number of amides is 1. The predicted molar refractivity (Wildman–Crippen MR) is 128 cm³/mol. The molecule has 1 aliphatic heterocycles. The third kappa shape index (κ3) is 6.23. The first-order valence-corrected chi connectivity index (χ1v) is 11.8. The first kappa shape index (κ1) is 23.1. The van der Waals surface area contributed by atoms with Crippen LogP contribution in [0.15, 0.2) is 54.9 Å². The number of fused-ring (bicyclic) bond motifs is 3. The summed E-state index contributed by atoms with van der Waals surface area (Å²) in [4.78, 5) is 19.2. The van der Waals surface area contributed by atoms with Gasteiger partial charge in [0.05, 0.1) is 13.2 Å². The molecule has 6 heteroatoms. The minimum atomic E-state index is 0.124. The van der Waals surface area contributed by atoms with Crippen molar-refractivity contribution in [1.82, 2.24) is 14.5 Å². The molecule has 2 bridgehead atoms. The largest absolute Gasteiger partial charge is 0.491 e. The number of hydrogen-bond donors (Lipinski definition) is 0. The second kappa shape index (κ2) is 11.1. The van der Waals surface area contributed by atoms with Crippen LogP contribution in [-0.4, -0.2) is 46.7 Å². The zero-order valence-corrected chi connectivity index (χ0v) is 19.6. The molecule has 1 aliphatic rings. The summed E-state index contributed by atoms with van der Waals surface area (Å²) in [5.41, 5.74) is 4.84. The number of carbonyl (C=O) groups excluding carboxylic acids is 1. The SMILES string of the molecule is CCc1ccc2c(c1)Cc1cccc(c1)CN(C(=O)CCn1ccnc1C)CCOCCO2. The minimum Gasteiger partial charge on any atom is -0.491 e. The Labute approximate surface area is 196 Å². The van der Waals surface area contributed by atoms with Gasteiger partial charge in [-0.1, -0.05) is 43.3 Å². The van der Waals surface area contributed by atoms with E-state index in [0.717, 1.165) is 30.0 Å². The second-order valence-corrected chi connectivity index (χ2v) is 8.49. The number of rotatable bonds is 4. The van der Waals surface area contributed by atoms with Crippen LogP contribution in [-0.2, 0) is 35.5 Å². The minimum absolute atomic E-state index is 0.124. The molecule has 3 aromatic rings. The molecule has 2 heterocycles. The Balaban J connectivity index is 1.53. The van der Waals surface area contributed by atoms with Crippen LogP contribution in [0.5, 0.6) is 5.75 Å². The smallest absolute Gasteiger partial charge is 0.224 e. The van der Waals surface area contributed by atoms with Crippen LogP contribution in [0.25, 0.3) is 0 Å². The van der Waals surface area contributed by atoms with E-state index in [9.17, 15) is 4.79 Å². The zero-order chi connectivity index (χ0) is 23.0. The maximum atomic E-state index is 13.1. The van der Waals surface area contributed by atoms with Crippen molar-refractivity contribution in [3.63, 3.8) is 0 Å². The number of imidazole rings is 1. The van der Waals surface area contributed by atoms with E-state index in [-0.39, 0.29) is 5.91 Å². The fraction of sp³-hybridized carbons (Fsp3) is 0.407. The first-order valence-electron chi connectivity index (χ1n) is 11.8. The van der Waals surface area contributed by atoms with Crippen LogP contribution in [0, 0.1) is 6.92 Å². The Kier molecular flexibility index (Phi) is 7.79. The lowest BCUT2D eigenvalue weighted by Gasteiger charge is -2.24. The summed E-state index contributed by atoms with van der Waals surface area (Å²) in [6, 6.07) is 15.0. The average Bonchev–Trinajstić information content (AvgIpc) is 3.24. The van der Waals surface area contributed by atoms with Gasteiger partial charge in [0.15, 0.2) is 0 Å². The van der Waals surface area contributed by atoms with Gasteiger partial charge in [0, 0.05) is 44.9 Å². The van der Waals surface area contributed by atoms with Gasteiger partial charge >= 0.3 is 0 Å². The monoisotopic (exact) mass is 447 g/mol. The molecule has 33 heavy (non-hydrogen) atoms. The van der Waals surface area contributed by atoms with E-state index in [1.165, 1.54) is 16.7 Å². The van der Waals surface area contributed by atoms with Gasteiger partial charge in [-0.25, -0.2) is 4.98 Å². The molecule has 0 aliphatic carbocycles. The molecule has 0 saturated carbocycles. The van der Waals surface area contributed by atoms with Crippen LogP contribution in [0.4, 0.5) is 0 Å². The molecular weight excluding hydrogens is 414 g/mol. The normalized spacial score (nSPS) is 14.8. The molecule has 0 N–H and O–H groups in total. The molecular formula is C27H33N3O3. The number of aromatic nitrogens is 2. The summed E-state index contributed by atoms with van der Waals surface area (Å²) in [6.07, 6.45) is 5.91. The van der Waals surface area contributed by atoms with Gasteiger partial charge < -0.3 is 18.9 Å². The third-order valence-electron chi connectivity index (χ3n) is 6.13. The number of nitrogens with zero attached hydrogens (tertiary/aromatic N) is 3. The van der Waals surface area contributed by atoms with Crippen molar-refractivity contribution < 1.29 is 14.3 Å². The molecule has 0 atom stereocenters. The summed E-state index contributed by atoms with van der Waals surface area (Å²) >= 11 is 0. The lowest BCUT2D eigenvalue weighted by molar-refractivity contribution is -0.132. The topological polar surface area (TPSA) is 56.6 Å². The van der Waals surface area contributed by atoms with Crippen LogP contribution >= 0.6 is 0 Å². The van der Waals surface area contributed by atoms with Crippen molar-refractivity contribution in [1.29, 1.82) is 0 Å². The quantitative estimate of drug-likeness (QED) is 0.602. The van der Waals surface area contributed by atoms with Crippen molar-refractivity contribution in [2.45, 2.75) is 46.2 Å². The number of aryl methyl sites for hydroxylation is 3. The highest BCUT2D eigenvalue weighted by atomic mass is 16.5. The Morgan fingerprint density at radius 3 is 2.79 bits per heavy atom. The van der Waals surface area contributed by atoms with E-state index in [1.54, 1.807) is 6.20 Å². The second-order valence-electron chi connectivity index (χ2n) is 8.49. The van der Waals surface area contributed by atoms with Crippen molar-refractivity contribution in [2.24, 2.45) is 0 Å². The van der Waals surface area contributed by atoms with Gasteiger partial charge in [-0.15, -0.1) is 0 Å². The summed E-state index contributed by atoms with van der Waals surface area (Å²) in [5.74, 6) is 1.97. The third-order valence-corrected chi connectivity index (χ3v) is 6.13. The molecule has 4 rings (SSSR count). The highest BCUT2D eigenvalue weighted by molar-refractivity contribution is 5.76. The highest BCUT2D eigenvalue weighted by Gasteiger charge is 2.16. The van der Waals surface area contributed by atoms with Gasteiger partial charge in [0.25, 0.3) is 0 Å². The first-order chi connectivity index (χ1) is 16.1. The van der Waals surface area contributed by atoms with E-state index in [1.807, 2.05) is 22.6 Å². The van der Waals surface area contributed by atoms with Crippen molar-refractivity contribution in [2.75, 3.05) is 26.4 Å². The van der Waals surface area contributed by atoms with Crippen molar-refractivity contribution in [3.8, 4) is 5.75 Å². The van der Waals surface area contributed by atoms with Gasteiger partial charge in [0.1, 0.15) is 18.2 Å². The summed E-state index contributed by atoms with van der Waals surface area (Å²) in [6.45, 7) is 7.37. The Bertz CT molecular complexity index is 1080. The molecule has 1 aromatic heterocycles. The van der Waals surface area contributed by atoms with E-state index in [4.69, 9.17) is 9.47 Å². The van der Waals surface area contributed by atoms with Crippen LogP contribution in [0.1, 0.15) is 41.4 Å². The molecule has 1 amide bonds. The van der Waals surface area contributed by atoms with E-state index in [0.29, 0.717) is 45.9 Å². The maximum Gasteiger partial charge on any atom is 0.224 e. The van der Waals surface area contributed by atoms with Crippen LogP contribution in [0.3, 0.4) is 0 Å². The van der Waals surface area contributed by atoms with E-state index in [2.05, 4.69) is 54.4 Å². The maximum absolute atomic E-state index is 13.1. The van der Waals surface area contributed by atoms with E-state index >= 15 is 0 Å². The Morgan fingerprint density at radius 1 is 1.09 bits per heavy atom. The summed E-state index contributed by atoms with van der Waals surface area (Å²) in [5, 5.41) is 0. The Morgan fingerprint density at radius 2 is 1.97 bits per heavy atom. The van der Waals surface area contributed by atoms with Crippen LogP contribution < -0.4 is 4.74 Å². The summed E-state index contributed by atoms with van der Waals surface area (Å²) in [7, 11) is 0. The van der Waals surface area contributed by atoms with Gasteiger partial charge in [0.2, 0.25) is 5.91 Å². The molecule has 0 radical (unpaired) electrons. The van der Waals surface area contributed by atoms with Crippen LogP contribution in [0.2, 0.25) is 0 Å². The standard InChI is InChI=1S/C27H33N3O3/c1-3-22-7-8-26-25(18-22)19-23-5-4-6-24(17-23)20-30(13-14-32-15-16-33-26)27(31)9-11-29-12-10-28-21(29)2/h4-8,10,12,17-18H,3,9,11,13-16,19-20H2,1-2H3. The molecule has 0 spiro atoms. The summed E-state index contributed by atoms with van der Waals surface area (Å²) < 4.78 is 13.9. The van der Waals surface area contributed by atoms with Gasteiger partial charge in [-0.3, -0.25) is 4.79 Å². The van der Waals surface area contributed by atoms with Crippen molar-refractivity contribution >= 4 is 5.91 Å². The highest BCUT2D eigenvalue weighted by Crippen LogP contribution is 2.25. The number of hydrogen-bond acceptors (Lipinski definition) is 4. The molecule has 0 unspecified atom stereocenters. The van der Waals surface area contributed by atoms with Crippen molar-refractivity contribution in [3.05, 3.63) is 82.9 Å². The fourth-order valence-corrected chi connectivity index (χ4v) is 4.20. The lowest BCUT2D eigenvalue weighted by atomic mass is 9.99. The molecule has 0 saturated heterocycles. The number of ether oxygens (including phenoxy) is 2. The number of benzene rings is 2.